The molecule has 0 saturated heterocycles. The Labute approximate surface area is 103 Å². The molecule has 1 N–H and O–H groups in total. The molecule has 0 amide bonds. The highest BCUT2D eigenvalue weighted by Gasteiger charge is 2.28. The number of hydrogen-bond donors (Lipinski definition) is 1. The summed E-state index contributed by atoms with van der Waals surface area (Å²) in [5.41, 5.74) is 1.60. The molecule has 0 radical (unpaired) electrons. The molecule has 0 spiro atoms. The van der Waals surface area contributed by atoms with Gasteiger partial charge in [0.15, 0.2) is 0 Å². The molecule has 1 aromatic carbocycles. The Kier molecular flexibility index (Phi) is 4.54. The molecule has 1 aromatic rings. The molecule has 3 nitrogen and oxygen atoms in total. The van der Waals surface area contributed by atoms with Gasteiger partial charge in [-0.1, -0.05) is 17.7 Å². The van der Waals surface area contributed by atoms with Gasteiger partial charge in [0.1, 0.15) is 5.75 Å². The van der Waals surface area contributed by atoms with Gasteiger partial charge < -0.3 is 14.6 Å². The van der Waals surface area contributed by atoms with Crippen molar-refractivity contribution in [3.8, 4) is 5.75 Å². The van der Waals surface area contributed by atoms with Crippen LogP contribution in [-0.2, 0) is 11.2 Å². The van der Waals surface area contributed by atoms with Gasteiger partial charge >= 0.3 is 0 Å². The number of benzene rings is 1. The predicted molar refractivity (Wildman–Crippen MR) is 68.5 cm³/mol. The molecule has 0 saturated carbocycles. The zero-order chi connectivity index (χ0) is 13.1. The van der Waals surface area contributed by atoms with Gasteiger partial charge in [-0.3, -0.25) is 0 Å². The topological polar surface area (TPSA) is 38.7 Å². The van der Waals surface area contributed by atoms with E-state index >= 15 is 0 Å². The molecule has 1 atom stereocenters. The SMILES string of the molecule is COc1ccc(C)cc1CC(O)C(C)(C)OC. The molecule has 0 fully saturated rings. The van der Waals surface area contributed by atoms with Gasteiger partial charge in [0.05, 0.1) is 18.8 Å². The highest BCUT2D eigenvalue weighted by atomic mass is 16.5. The maximum Gasteiger partial charge on any atom is 0.122 e. The third-order valence-corrected chi connectivity index (χ3v) is 3.18. The molecule has 0 bridgehead atoms. The Morgan fingerprint density at radius 1 is 1.29 bits per heavy atom. The average molecular weight is 238 g/mol. The number of rotatable bonds is 5. The van der Waals surface area contributed by atoms with Crippen LogP contribution in [0.5, 0.6) is 5.75 Å². The lowest BCUT2D eigenvalue weighted by atomic mass is 9.94. The van der Waals surface area contributed by atoms with Crippen molar-refractivity contribution in [2.45, 2.75) is 38.9 Å². The van der Waals surface area contributed by atoms with Crippen LogP contribution in [0.2, 0.25) is 0 Å². The van der Waals surface area contributed by atoms with Crippen molar-refractivity contribution < 1.29 is 14.6 Å². The van der Waals surface area contributed by atoms with E-state index in [-0.39, 0.29) is 0 Å². The van der Waals surface area contributed by atoms with Crippen molar-refractivity contribution in [3.63, 3.8) is 0 Å². The molecule has 0 aromatic heterocycles. The molecule has 0 aliphatic rings. The van der Waals surface area contributed by atoms with Crippen molar-refractivity contribution >= 4 is 0 Å². The number of aliphatic hydroxyl groups is 1. The Balaban J connectivity index is 2.91. The predicted octanol–water partition coefficient (Wildman–Crippen LogP) is 2.33. The Hall–Kier alpha value is -1.06. The zero-order valence-corrected chi connectivity index (χ0v) is 11.3. The van der Waals surface area contributed by atoms with E-state index in [4.69, 9.17) is 9.47 Å². The Morgan fingerprint density at radius 2 is 1.94 bits per heavy atom. The van der Waals surface area contributed by atoms with E-state index < -0.39 is 11.7 Å². The van der Waals surface area contributed by atoms with E-state index in [0.717, 1.165) is 16.9 Å². The molecule has 1 unspecified atom stereocenters. The summed E-state index contributed by atoms with van der Waals surface area (Å²) in [5.74, 6) is 0.807. The van der Waals surface area contributed by atoms with Crippen LogP contribution in [0.15, 0.2) is 18.2 Å². The minimum atomic E-state index is -0.566. The van der Waals surface area contributed by atoms with Gasteiger partial charge in [-0.25, -0.2) is 0 Å². The number of methoxy groups -OCH3 is 2. The number of ether oxygens (including phenoxy) is 2. The molecular formula is C14H22O3. The molecule has 1 rings (SSSR count). The second-order valence-electron chi connectivity index (χ2n) is 4.84. The summed E-state index contributed by atoms with van der Waals surface area (Å²) in [4.78, 5) is 0. The van der Waals surface area contributed by atoms with Gasteiger partial charge in [0, 0.05) is 13.5 Å². The van der Waals surface area contributed by atoms with Crippen molar-refractivity contribution in [3.05, 3.63) is 29.3 Å². The van der Waals surface area contributed by atoms with Gasteiger partial charge in [-0.15, -0.1) is 0 Å². The lowest BCUT2D eigenvalue weighted by molar-refractivity contribution is -0.0766. The number of aliphatic hydroxyl groups excluding tert-OH is 1. The Morgan fingerprint density at radius 3 is 2.47 bits per heavy atom. The molecule has 0 aliphatic carbocycles. The fraction of sp³-hybridized carbons (Fsp3) is 0.571. The summed E-state index contributed by atoms with van der Waals surface area (Å²) in [6.45, 7) is 5.77. The van der Waals surface area contributed by atoms with Crippen LogP contribution in [0.4, 0.5) is 0 Å². The van der Waals surface area contributed by atoms with Crippen molar-refractivity contribution in [1.82, 2.24) is 0 Å². The second kappa shape index (κ2) is 5.52. The fourth-order valence-electron chi connectivity index (χ4n) is 1.66. The lowest BCUT2D eigenvalue weighted by Crippen LogP contribution is -2.39. The lowest BCUT2D eigenvalue weighted by Gasteiger charge is -2.29. The highest BCUT2D eigenvalue weighted by molar-refractivity contribution is 5.37. The zero-order valence-electron chi connectivity index (χ0n) is 11.3. The minimum Gasteiger partial charge on any atom is -0.496 e. The van der Waals surface area contributed by atoms with Crippen molar-refractivity contribution in [2.24, 2.45) is 0 Å². The van der Waals surface area contributed by atoms with Gasteiger partial charge in [-0.2, -0.15) is 0 Å². The summed E-state index contributed by atoms with van der Waals surface area (Å²) in [7, 11) is 3.25. The maximum absolute atomic E-state index is 10.2. The van der Waals surface area contributed by atoms with E-state index in [9.17, 15) is 5.11 Å². The van der Waals surface area contributed by atoms with E-state index in [1.54, 1.807) is 14.2 Å². The summed E-state index contributed by atoms with van der Waals surface area (Å²) in [6.07, 6.45) is -0.0469. The largest absolute Gasteiger partial charge is 0.496 e. The first-order valence-electron chi connectivity index (χ1n) is 5.77. The maximum atomic E-state index is 10.2. The minimum absolute atomic E-state index is 0.520. The van der Waals surface area contributed by atoms with Crippen LogP contribution >= 0.6 is 0 Å². The molecule has 0 aliphatic heterocycles. The quantitative estimate of drug-likeness (QED) is 0.855. The fourth-order valence-corrected chi connectivity index (χ4v) is 1.66. The smallest absolute Gasteiger partial charge is 0.122 e. The van der Waals surface area contributed by atoms with E-state index in [0.29, 0.717) is 6.42 Å². The van der Waals surface area contributed by atoms with Crippen LogP contribution in [0, 0.1) is 6.92 Å². The molecular weight excluding hydrogens is 216 g/mol. The van der Waals surface area contributed by atoms with Crippen LogP contribution < -0.4 is 4.74 Å². The first-order valence-corrected chi connectivity index (χ1v) is 5.77. The summed E-state index contributed by atoms with van der Waals surface area (Å²) in [6, 6.07) is 5.96. The van der Waals surface area contributed by atoms with Crippen molar-refractivity contribution in [1.29, 1.82) is 0 Å². The molecule has 17 heavy (non-hydrogen) atoms. The van der Waals surface area contributed by atoms with Gasteiger partial charge in [0.2, 0.25) is 0 Å². The summed E-state index contributed by atoms with van der Waals surface area (Å²) in [5, 5.41) is 10.2. The van der Waals surface area contributed by atoms with Gasteiger partial charge in [0.25, 0.3) is 0 Å². The third-order valence-electron chi connectivity index (χ3n) is 3.18. The van der Waals surface area contributed by atoms with E-state index in [1.807, 2.05) is 39.0 Å². The van der Waals surface area contributed by atoms with Crippen LogP contribution in [-0.4, -0.2) is 31.0 Å². The first-order chi connectivity index (χ1) is 7.90. The highest BCUT2D eigenvalue weighted by Crippen LogP contribution is 2.25. The van der Waals surface area contributed by atoms with E-state index in [2.05, 4.69) is 0 Å². The van der Waals surface area contributed by atoms with Crippen LogP contribution in [0.1, 0.15) is 25.0 Å². The molecule has 3 heteroatoms. The van der Waals surface area contributed by atoms with Crippen LogP contribution in [0.3, 0.4) is 0 Å². The van der Waals surface area contributed by atoms with E-state index in [1.165, 1.54) is 0 Å². The summed E-state index contributed by atoms with van der Waals surface area (Å²) < 4.78 is 10.6. The van der Waals surface area contributed by atoms with Gasteiger partial charge in [-0.05, 0) is 32.4 Å². The average Bonchev–Trinajstić information content (AvgIpc) is 2.29. The monoisotopic (exact) mass is 238 g/mol. The molecule has 96 valence electrons. The standard InChI is InChI=1S/C14H22O3/c1-10-6-7-12(16-4)11(8-10)9-13(15)14(2,3)17-5/h6-8,13,15H,9H2,1-5H3. The summed E-state index contributed by atoms with van der Waals surface area (Å²) >= 11 is 0. The molecule has 0 heterocycles. The van der Waals surface area contributed by atoms with Crippen LogP contribution in [0.25, 0.3) is 0 Å². The normalized spacial score (nSPS) is 13.5. The third kappa shape index (κ3) is 3.45. The Bertz CT molecular complexity index is 372. The second-order valence-corrected chi connectivity index (χ2v) is 4.84. The first kappa shape index (κ1) is 14.0. The number of aryl methyl sites for hydroxylation is 1. The van der Waals surface area contributed by atoms with Crippen molar-refractivity contribution in [2.75, 3.05) is 14.2 Å². The number of hydrogen-bond acceptors (Lipinski definition) is 3.